The molecule has 18 heavy (non-hydrogen) atoms. The smallest absolute Gasteiger partial charge is 0.263 e. The molecule has 2 heterocycles. The molecular weight excluding hydrogens is 250 g/mol. The van der Waals surface area contributed by atoms with Gasteiger partial charge in [-0.3, -0.25) is 4.79 Å². The van der Waals surface area contributed by atoms with Gasteiger partial charge in [0, 0.05) is 19.1 Å². The standard InChI is InChI=1S/C12H17N3O2S/c13-9-5-10(15-4-3-8(16)6-15)18-11(9)12(17)14-7-1-2-7/h5,7-8,16H,1-4,6,13H2,(H,14,17). The third kappa shape index (κ3) is 2.30. The number of aliphatic hydroxyl groups is 1. The average Bonchev–Trinajstić information content (AvgIpc) is 2.87. The van der Waals surface area contributed by atoms with E-state index in [1.54, 1.807) is 0 Å². The Balaban J connectivity index is 1.75. The Labute approximate surface area is 110 Å². The second-order valence-corrected chi connectivity index (χ2v) is 6.04. The van der Waals surface area contributed by atoms with Gasteiger partial charge in [0.1, 0.15) is 4.88 Å². The molecule has 5 nitrogen and oxygen atoms in total. The van der Waals surface area contributed by atoms with Gasteiger partial charge in [-0.25, -0.2) is 0 Å². The van der Waals surface area contributed by atoms with Gasteiger partial charge in [0.2, 0.25) is 0 Å². The molecule has 3 rings (SSSR count). The maximum atomic E-state index is 12.0. The topological polar surface area (TPSA) is 78.6 Å². The number of hydrogen-bond acceptors (Lipinski definition) is 5. The quantitative estimate of drug-likeness (QED) is 0.756. The number of nitrogen functional groups attached to an aromatic ring is 1. The lowest BCUT2D eigenvalue weighted by molar-refractivity contribution is 0.0956. The summed E-state index contributed by atoms with van der Waals surface area (Å²) in [6.45, 7) is 1.45. The summed E-state index contributed by atoms with van der Waals surface area (Å²) in [6.07, 6.45) is 2.66. The van der Waals surface area contributed by atoms with Crippen molar-refractivity contribution in [2.45, 2.75) is 31.4 Å². The van der Waals surface area contributed by atoms with E-state index in [9.17, 15) is 9.90 Å². The van der Waals surface area contributed by atoms with Crippen LogP contribution in [0.2, 0.25) is 0 Å². The number of nitrogens with two attached hydrogens (primary N) is 1. The van der Waals surface area contributed by atoms with Gasteiger partial charge < -0.3 is 21.1 Å². The molecule has 1 aliphatic carbocycles. The second-order valence-electron chi connectivity index (χ2n) is 5.01. The Kier molecular flexibility index (Phi) is 2.91. The molecule has 1 amide bonds. The Bertz CT molecular complexity index is 470. The fourth-order valence-corrected chi connectivity index (χ4v) is 3.16. The van der Waals surface area contributed by atoms with Crippen LogP contribution in [0.5, 0.6) is 0 Å². The van der Waals surface area contributed by atoms with E-state index in [-0.39, 0.29) is 12.0 Å². The molecule has 1 atom stereocenters. The lowest BCUT2D eigenvalue weighted by Crippen LogP contribution is -2.25. The summed E-state index contributed by atoms with van der Waals surface area (Å²) < 4.78 is 0. The van der Waals surface area contributed by atoms with E-state index in [2.05, 4.69) is 10.2 Å². The van der Waals surface area contributed by atoms with Gasteiger partial charge in [-0.15, -0.1) is 11.3 Å². The molecule has 1 aliphatic heterocycles. The van der Waals surface area contributed by atoms with E-state index in [0.29, 0.717) is 23.2 Å². The highest BCUT2D eigenvalue weighted by atomic mass is 32.1. The zero-order chi connectivity index (χ0) is 12.7. The van der Waals surface area contributed by atoms with Crippen molar-refractivity contribution < 1.29 is 9.90 Å². The highest BCUT2D eigenvalue weighted by molar-refractivity contribution is 7.18. The molecule has 0 spiro atoms. The molecule has 4 N–H and O–H groups in total. The van der Waals surface area contributed by atoms with Crippen LogP contribution in [0, 0.1) is 0 Å². The Hall–Kier alpha value is -1.27. The predicted molar refractivity (Wildman–Crippen MR) is 72.1 cm³/mol. The molecule has 1 aromatic rings. The summed E-state index contributed by atoms with van der Waals surface area (Å²) in [7, 11) is 0. The zero-order valence-electron chi connectivity index (χ0n) is 10.1. The van der Waals surface area contributed by atoms with Gasteiger partial charge in [-0.2, -0.15) is 0 Å². The van der Waals surface area contributed by atoms with Gasteiger partial charge in [-0.05, 0) is 25.3 Å². The lowest BCUT2D eigenvalue weighted by Gasteiger charge is -2.14. The number of thiophene rings is 1. The minimum atomic E-state index is -0.267. The van der Waals surface area contributed by atoms with Gasteiger partial charge in [0.15, 0.2) is 0 Å². The van der Waals surface area contributed by atoms with Crippen LogP contribution in [-0.4, -0.2) is 36.2 Å². The predicted octanol–water partition coefficient (Wildman–Crippen LogP) is 0.793. The van der Waals surface area contributed by atoms with Gasteiger partial charge in [0.05, 0.1) is 16.8 Å². The lowest BCUT2D eigenvalue weighted by atomic mass is 10.3. The van der Waals surface area contributed by atoms with Crippen molar-refractivity contribution in [2.75, 3.05) is 23.7 Å². The molecule has 0 bridgehead atoms. The first kappa shape index (κ1) is 11.8. The van der Waals surface area contributed by atoms with Crippen molar-refractivity contribution in [3.05, 3.63) is 10.9 Å². The Morgan fingerprint density at radius 1 is 1.50 bits per heavy atom. The Morgan fingerprint density at radius 2 is 2.28 bits per heavy atom. The minimum absolute atomic E-state index is 0.0639. The first-order valence-electron chi connectivity index (χ1n) is 6.26. The van der Waals surface area contributed by atoms with Crippen LogP contribution < -0.4 is 16.0 Å². The number of β-amino-alcohol motifs (C(OH)–C–C–N with tert-alkyl or cyclic N) is 1. The molecule has 0 radical (unpaired) electrons. The van der Waals surface area contributed by atoms with Crippen molar-refractivity contribution in [2.24, 2.45) is 0 Å². The summed E-state index contributed by atoms with van der Waals surface area (Å²) in [5.41, 5.74) is 6.44. The van der Waals surface area contributed by atoms with Crippen LogP contribution in [-0.2, 0) is 0 Å². The van der Waals surface area contributed by atoms with E-state index in [4.69, 9.17) is 5.73 Å². The van der Waals surface area contributed by atoms with E-state index < -0.39 is 0 Å². The highest BCUT2D eigenvalue weighted by Gasteiger charge is 2.27. The molecule has 98 valence electrons. The number of rotatable bonds is 3. The summed E-state index contributed by atoms with van der Waals surface area (Å²) in [5, 5.41) is 13.4. The van der Waals surface area contributed by atoms with Gasteiger partial charge >= 0.3 is 0 Å². The van der Waals surface area contributed by atoms with Crippen LogP contribution in [0.3, 0.4) is 0 Å². The third-order valence-corrected chi connectivity index (χ3v) is 4.55. The van der Waals surface area contributed by atoms with E-state index in [0.717, 1.165) is 30.8 Å². The first-order chi connectivity index (χ1) is 8.63. The zero-order valence-corrected chi connectivity index (χ0v) is 10.9. The van der Waals surface area contributed by atoms with Crippen molar-refractivity contribution >= 4 is 27.9 Å². The molecular formula is C12H17N3O2S. The van der Waals surface area contributed by atoms with Crippen molar-refractivity contribution in [1.82, 2.24) is 5.32 Å². The summed E-state index contributed by atoms with van der Waals surface area (Å²) in [4.78, 5) is 14.6. The molecule has 1 saturated carbocycles. The summed E-state index contributed by atoms with van der Waals surface area (Å²) in [6, 6.07) is 2.18. The number of nitrogens with one attached hydrogen (secondary N) is 1. The SMILES string of the molecule is Nc1cc(N2CCC(O)C2)sc1C(=O)NC1CC1. The van der Waals surface area contributed by atoms with Crippen molar-refractivity contribution in [3.8, 4) is 0 Å². The van der Waals surface area contributed by atoms with Gasteiger partial charge in [0.25, 0.3) is 5.91 Å². The largest absolute Gasteiger partial charge is 0.397 e. The molecule has 1 saturated heterocycles. The summed E-state index contributed by atoms with van der Waals surface area (Å²) >= 11 is 1.41. The first-order valence-corrected chi connectivity index (χ1v) is 7.08. The fraction of sp³-hybridized carbons (Fsp3) is 0.583. The number of aliphatic hydroxyl groups excluding tert-OH is 1. The Morgan fingerprint density at radius 3 is 2.89 bits per heavy atom. The second kappa shape index (κ2) is 4.44. The number of anilines is 2. The van der Waals surface area contributed by atoms with Gasteiger partial charge in [-0.1, -0.05) is 0 Å². The fourth-order valence-electron chi connectivity index (χ4n) is 2.15. The molecule has 0 aromatic carbocycles. The normalized spacial score (nSPS) is 23.4. The van der Waals surface area contributed by atoms with E-state index in [1.165, 1.54) is 11.3 Å². The number of nitrogens with zero attached hydrogens (tertiary/aromatic N) is 1. The van der Waals surface area contributed by atoms with E-state index in [1.807, 2.05) is 6.07 Å². The number of carbonyl (C=O) groups is 1. The summed E-state index contributed by atoms with van der Waals surface area (Å²) in [5.74, 6) is -0.0639. The van der Waals surface area contributed by atoms with Crippen LogP contribution in [0.4, 0.5) is 10.7 Å². The third-order valence-electron chi connectivity index (χ3n) is 3.34. The molecule has 1 unspecified atom stereocenters. The minimum Gasteiger partial charge on any atom is -0.397 e. The number of carbonyl (C=O) groups excluding carboxylic acids is 1. The van der Waals surface area contributed by atoms with Crippen LogP contribution in [0.15, 0.2) is 6.07 Å². The van der Waals surface area contributed by atoms with Crippen LogP contribution in [0.1, 0.15) is 28.9 Å². The maximum absolute atomic E-state index is 12.0. The molecule has 2 aliphatic rings. The average molecular weight is 267 g/mol. The number of amides is 1. The van der Waals surface area contributed by atoms with Crippen LogP contribution >= 0.6 is 11.3 Å². The molecule has 6 heteroatoms. The monoisotopic (exact) mass is 267 g/mol. The highest BCUT2D eigenvalue weighted by Crippen LogP contribution is 2.34. The molecule has 2 fully saturated rings. The molecule has 1 aromatic heterocycles. The van der Waals surface area contributed by atoms with E-state index >= 15 is 0 Å². The van der Waals surface area contributed by atoms with Crippen molar-refractivity contribution in [1.29, 1.82) is 0 Å². The maximum Gasteiger partial charge on any atom is 0.263 e. The number of hydrogen-bond donors (Lipinski definition) is 3. The van der Waals surface area contributed by atoms with Crippen molar-refractivity contribution in [3.63, 3.8) is 0 Å². The van der Waals surface area contributed by atoms with Crippen LogP contribution in [0.25, 0.3) is 0 Å².